The van der Waals surface area contributed by atoms with Crippen molar-refractivity contribution in [2.24, 2.45) is 5.92 Å². The number of hydrogen-bond acceptors (Lipinski definition) is 3. The van der Waals surface area contributed by atoms with Crippen LogP contribution in [0, 0.1) is 17.2 Å². The lowest BCUT2D eigenvalue weighted by atomic mass is 10.00. The molecule has 0 aromatic heterocycles. The van der Waals surface area contributed by atoms with Gasteiger partial charge in [-0.25, -0.2) is 0 Å². The lowest BCUT2D eigenvalue weighted by molar-refractivity contribution is 0.176. The van der Waals surface area contributed by atoms with Gasteiger partial charge in [0.15, 0.2) is 0 Å². The molecule has 0 aromatic carbocycles. The third kappa shape index (κ3) is 3.65. The highest BCUT2D eigenvalue weighted by molar-refractivity contribution is 4.92. The maximum Gasteiger partial charge on any atom is 0.108 e. The van der Waals surface area contributed by atoms with Gasteiger partial charge >= 0.3 is 0 Å². The minimum absolute atomic E-state index is 0.00491. The summed E-state index contributed by atoms with van der Waals surface area (Å²) in [5, 5.41) is 12.1. The SMILES string of the molecule is CCNC(C#N)CN1CCCC(C)C1. The van der Waals surface area contributed by atoms with Crippen LogP contribution in [0.2, 0.25) is 0 Å². The molecule has 0 radical (unpaired) electrons. The Kier molecular flexibility index (Phi) is 4.92. The number of rotatable bonds is 4. The van der Waals surface area contributed by atoms with Crippen LogP contribution < -0.4 is 5.32 Å². The number of nitriles is 1. The van der Waals surface area contributed by atoms with Crippen molar-refractivity contribution in [3.63, 3.8) is 0 Å². The van der Waals surface area contributed by atoms with E-state index in [4.69, 9.17) is 5.26 Å². The van der Waals surface area contributed by atoms with Gasteiger partial charge in [0, 0.05) is 13.1 Å². The second kappa shape index (κ2) is 6.00. The maximum absolute atomic E-state index is 8.91. The van der Waals surface area contributed by atoms with Gasteiger partial charge in [0.1, 0.15) is 6.04 Å². The summed E-state index contributed by atoms with van der Waals surface area (Å²) in [7, 11) is 0. The molecule has 2 unspecified atom stereocenters. The van der Waals surface area contributed by atoms with E-state index in [1.165, 1.54) is 12.8 Å². The van der Waals surface area contributed by atoms with Gasteiger partial charge in [0.2, 0.25) is 0 Å². The molecule has 1 heterocycles. The van der Waals surface area contributed by atoms with Crippen LogP contribution in [0.3, 0.4) is 0 Å². The summed E-state index contributed by atoms with van der Waals surface area (Å²) in [6, 6.07) is 2.32. The topological polar surface area (TPSA) is 39.1 Å². The molecular weight excluding hydrogens is 174 g/mol. The van der Waals surface area contributed by atoms with Crippen LogP contribution in [0.5, 0.6) is 0 Å². The first kappa shape index (κ1) is 11.5. The molecule has 0 aromatic rings. The molecule has 0 bridgehead atoms. The van der Waals surface area contributed by atoms with Crippen molar-refractivity contribution in [2.75, 3.05) is 26.2 Å². The second-order valence-corrected chi connectivity index (χ2v) is 4.25. The molecule has 1 fully saturated rings. The van der Waals surface area contributed by atoms with E-state index in [0.717, 1.165) is 32.1 Å². The standard InChI is InChI=1S/C11H21N3/c1-3-13-11(7-12)9-14-6-4-5-10(2)8-14/h10-11,13H,3-6,8-9H2,1-2H3. The van der Waals surface area contributed by atoms with E-state index in [1.54, 1.807) is 0 Å². The molecule has 1 N–H and O–H groups in total. The lowest BCUT2D eigenvalue weighted by Gasteiger charge is -2.32. The van der Waals surface area contributed by atoms with Gasteiger partial charge in [-0.1, -0.05) is 13.8 Å². The van der Waals surface area contributed by atoms with E-state index in [9.17, 15) is 0 Å². The van der Waals surface area contributed by atoms with E-state index < -0.39 is 0 Å². The molecule has 0 saturated carbocycles. The molecular formula is C11H21N3. The zero-order chi connectivity index (χ0) is 10.4. The van der Waals surface area contributed by atoms with Crippen LogP contribution in [0.1, 0.15) is 26.7 Å². The monoisotopic (exact) mass is 195 g/mol. The van der Waals surface area contributed by atoms with Gasteiger partial charge in [0.05, 0.1) is 6.07 Å². The first-order chi connectivity index (χ1) is 6.76. The minimum atomic E-state index is 0.00491. The third-order valence-electron chi connectivity index (χ3n) is 2.79. The molecule has 80 valence electrons. The van der Waals surface area contributed by atoms with E-state index in [1.807, 2.05) is 6.92 Å². The normalized spacial score (nSPS) is 25.6. The fourth-order valence-electron chi connectivity index (χ4n) is 2.11. The van der Waals surface area contributed by atoms with Gasteiger partial charge in [0.25, 0.3) is 0 Å². The van der Waals surface area contributed by atoms with E-state index in [0.29, 0.717) is 0 Å². The first-order valence-corrected chi connectivity index (χ1v) is 5.61. The largest absolute Gasteiger partial charge is 0.301 e. The van der Waals surface area contributed by atoms with Crippen LogP contribution in [0.4, 0.5) is 0 Å². The Morgan fingerprint density at radius 2 is 2.43 bits per heavy atom. The molecule has 3 heteroatoms. The van der Waals surface area contributed by atoms with Gasteiger partial charge < -0.3 is 10.2 Å². The molecule has 0 aliphatic carbocycles. The first-order valence-electron chi connectivity index (χ1n) is 5.61. The molecule has 1 aliphatic rings. The minimum Gasteiger partial charge on any atom is -0.301 e. The maximum atomic E-state index is 8.91. The highest BCUT2D eigenvalue weighted by atomic mass is 15.2. The molecule has 0 spiro atoms. The van der Waals surface area contributed by atoms with Crippen molar-refractivity contribution in [2.45, 2.75) is 32.7 Å². The van der Waals surface area contributed by atoms with Crippen LogP contribution >= 0.6 is 0 Å². The number of nitrogens with zero attached hydrogens (tertiary/aromatic N) is 2. The molecule has 0 amide bonds. The van der Waals surface area contributed by atoms with Crippen molar-refractivity contribution in [3.8, 4) is 6.07 Å². The Morgan fingerprint density at radius 1 is 1.64 bits per heavy atom. The summed E-state index contributed by atoms with van der Waals surface area (Å²) >= 11 is 0. The Morgan fingerprint density at radius 3 is 3.00 bits per heavy atom. The zero-order valence-corrected chi connectivity index (χ0v) is 9.29. The van der Waals surface area contributed by atoms with E-state index >= 15 is 0 Å². The average molecular weight is 195 g/mol. The van der Waals surface area contributed by atoms with Crippen molar-refractivity contribution >= 4 is 0 Å². The molecule has 3 nitrogen and oxygen atoms in total. The van der Waals surface area contributed by atoms with Crippen LogP contribution in [-0.2, 0) is 0 Å². The van der Waals surface area contributed by atoms with Crippen molar-refractivity contribution < 1.29 is 0 Å². The van der Waals surface area contributed by atoms with Crippen molar-refractivity contribution in [1.29, 1.82) is 5.26 Å². The summed E-state index contributed by atoms with van der Waals surface area (Å²) in [6.07, 6.45) is 2.63. The van der Waals surface area contributed by atoms with Crippen LogP contribution in [-0.4, -0.2) is 37.1 Å². The Balaban J connectivity index is 2.30. The number of nitrogens with one attached hydrogen (secondary N) is 1. The Hall–Kier alpha value is -0.590. The van der Waals surface area contributed by atoms with Crippen LogP contribution in [0.15, 0.2) is 0 Å². The van der Waals surface area contributed by atoms with Crippen LogP contribution in [0.25, 0.3) is 0 Å². The highest BCUT2D eigenvalue weighted by Gasteiger charge is 2.18. The lowest BCUT2D eigenvalue weighted by Crippen LogP contribution is -2.44. The van der Waals surface area contributed by atoms with Crippen molar-refractivity contribution in [3.05, 3.63) is 0 Å². The molecule has 1 rings (SSSR count). The number of likely N-dealkylation sites (tertiary alicyclic amines) is 1. The molecule has 1 aliphatic heterocycles. The quantitative estimate of drug-likeness (QED) is 0.733. The molecule has 1 saturated heterocycles. The summed E-state index contributed by atoms with van der Waals surface area (Å²) in [5.74, 6) is 0.796. The predicted octanol–water partition coefficient (Wildman–Crippen LogP) is 1.22. The second-order valence-electron chi connectivity index (χ2n) is 4.25. The number of piperidine rings is 1. The number of hydrogen-bond donors (Lipinski definition) is 1. The van der Waals surface area contributed by atoms with E-state index in [-0.39, 0.29) is 6.04 Å². The highest BCUT2D eigenvalue weighted by Crippen LogP contribution is 2.15. The van der Waals surface area contributed by atoms with Gasteiger partial charge in [-0.2, -0.15) is 5.26 Å². The van der Waals surface area contributed by atoms with Gasteiger partial charge in [-0.15, -0.1) is 0 Å². The fourth-order valence-corrected chi connectivity index (χ4v) is 2.11. The fraction of sp³-hybridized carbons (Fsp3) is 0.909. The summed E-state index contributed by atoms with van der Waals surface area (Å²) in [4.78, 5) is 2.41. The predicted molar refractivity (Wildman–Crippen MR) is 57.9 cm³/mol. The Bertz CT molecular complexity index is 197. The summed E-state index contributed by atoms with van der Waals surface area (Å²) in [5.41, 5.74) is 0. The number of likely N-dealkylation sites (N-methyl/N-ethyl adjacent to an activating group) is 1. The molecule has 14 heavy (non-hydrogen) atoms. The van der Waals surface area contributed by atoms with Gasteiger partial charge in [-0.3, -0.25) is 0 Å². The van der Waals surface area contributed by atoms with Crippen molar-refractivity contribution in [1.82, 2.24) is 10.2 Å². The third-order valence-corrected chi connectivity index (χ3v) is 2.79. The smallest absolute Gasteiger partial charge is 0.108 e. The average Bonchev–Trinajstić information content (AvgIpc) is 2.17. The summed E-state index contributed by atoms with van der Waals surface area (Å²) in [6.45, 7) is 8.41. The van der Waals surface area contributed by atoms with E-state index in [2.05, 4.69) is 23.2 Å². The Labute approximate surface area is 87.1 Å². The molecule has 2 atom stereocenters. The van der Waals surface area contributed by atoms with Gasteiger partial charge in [-0.05, 0) is 31.8 Å². The summed E-state index contributed by atoms with van der Waals surface area (Å²) < 4.78 is 0. The zero-order valence-electron chi connectivity index (χ0n) is 9.29.